The minimum atomic E-state index is -0.677. The molecular weight excluding hydrogens is 424 g/mol. The highest BCUT2D eigenvalue weighted by Crippen LogP contribution is 2.34. The molecule has 1 atom stereocenters. The van der Waals surface area contributed by atoms with Gasteiger partial charge < -0.3 is 28.8 Å². The van der Waals surface area contributed by atoms with Gasteiger partial charge in [-0.05, 0) is 29.3 Å². The molecule has 8 heteroatoms. The van der Waals surface area contributed by atoms with Gasteiger partial charge in [-0.3, -0.25) is 9.59 Å². The second kappa shape index (κ2) is 9.68. The number of hydrogen-bond acceptors (Lipinski definition) is 6. The summed E-state index contributed by atoms with van der Waals surface area (Å²) in [6, 6.07) is 13.9. The molecule has 33 heavy (non-hydrogen) atoms. The van der Waals surface area contributed by atoms with Crippen LogP contribution >= 0.6 is 0 Å². The summed E-state index contributed by atoms with van der Waals surface area (Å²) in [5, 5.41) is 2.95. The first-order valence-corrected chi connectivity index (χ1v) is 10.5. The average molecular weight is 450 g/mol. The van der Waals surface area contributed by atoms with Gasteiger partial charge >= 0.3 is 0 Å². The SMILES string of the molecule is COc1cc(OC)c(OC)cc1CNC(=O)C1Cc2ccccc2CN1C(=O)c1ccco1. The summed E-state index contributed by atoms with van der Waals surface area (Å²) < 4.78 is 21.5. The van der Waals surface area contributed by atoms with Gasteiger partial charge in [0.15, 0.2) is 17.3 Å². The van der Waals surface area contributed by atoms with Crippen molar-refractivity contribution in [2.75, 3.05) is 21.3 Å². The minimum Gasteiger partial charge on any atom is -0.496 e. The zero-order valence-corrected chi connectivity index (χ0v) is 18.8. The van der Waals surface area contributed by atoms with Gasteiger partial charge in [-0.15, -0.1) is 0 Å². The highest BCUT2D eigenvalue weighted by Gasteiger charge is 2.36. The largest absolute Gasteiger partial charge is 0.496 e. The second-order valence-electron chi connectivity index (χ2n) is 7.64. The van der Waals surface area contributed by atoms with Crippen LogP contribution in [0, 0.1) is 0 Å². The van der Waals surface area contributed by atoms with E-state index in [2.05, 4.69) is 5.32 Å². The van der Waals surface area contributed by atoms with Crippen LogP contribution in [0.5, 0.6) is 17.2 Å². The fourth-order valence-electron chi connectivity index (χ4n) is 4.04. The highest BCUT2D eigenvalue weighted by molar-refractivity contribution is 5.96. The van der Waals surface area contributed by atoms with Crippen LogP contribution in [0.25, 0.3) is 0 Å². The molecular formula is C25H26N2O6. The predicted octanol–water partition coefficient (Wildman–Crippen LogP) is 3.19. The average Bonchev–Trinajstić information content (AvgIpc) is 3.40. The van der Waals surface area contributed by atoms with Gasteiger partial charge in [-0.25, -0.2) is 0 Å². The third-order valence-electron chi connectivity index (χ3n) is 5.78. The Bertz CT molecular complexity index is 1140. The summed E-state index contributed by atoms with van der Waals surface area (Å²) in [5.41, 5.74) is 2.79. The molecule has 2 aromatic carbocycles. The summed E-state index contributed by atoms with van der Waals surface area (Å²) in [6.45, 7) is 0.525. The van der Waals surface area contributed by atoms with Gasteiger partial charge in [0.1, 0.15) is 11.8 Å². The molecule has 0 spiro atoms. The van der Waals surface area contributed by atoms with E-state index in [0.717, 1.165) is 16.7 Å². The third-order valence-corrected chi connectivity index (χ3v) is 5.78. The minimum absolute atomic E-state index is 0.198. The van der Waals surface area contributed by atoms with Crippen molar-refractivity contribution in [3.8, 4) is 17.2 Å². The Hall–Kier alpha value is -3.94. The molecule has 1 aliphatic rings. The molecule has 172 valence electrons. The van der Waals surface area contributed by atoms with E-state index >= 15 is 0 Å². The molecule has 8 nitrogen and oxygen atoms in total. The van der Waals surface area contributed by atoms with Crippen LogP contribution in [0.4, 0.5) is 0 Å². The first-order valence-electron chi connectivity index (χ1n) is 10.5. The van der Waals surface area contributed by atoms with Gasteiger partial charge in [0.25, 0.3) is 5.91 Å². The molecule has 0 aliphatic carbocycles. The molecule has 1 aromatic heterocycles. The Balaban J connectivity index is 1.57. The quantitative estimate of drug-likeness (QED) is 0.595. The first kappa shape index (κ1) is 22.3. The Morgan fingerprint density at radius 3 is 2.33 bits per heavy atom. The van der Waals surface area contributed by atoms with Gasteiger partial charge in [0.2, 0.25) is 5.91 Å². The lowest BCUT2D eigenvalue weighted by Crippen LogP contribution is -2.52. The normalized spacial score (nSPS) is 14.9. The fraction of sp³-hybridized carbons (Fsp3) is 0.280. The number of furan rings is 1. The maximum atomic E-state index is 13.3. The monoisotopic (exact) mass is 450 g/mol. The lowest BCUT2D eigenvalue weighted by Gasteiger charge is -2.35. The first-order chi connectivity index (χ1) is 16.0. The molecule has 4 rings (SSSR count). The number of amides is 2. The third kappa shape index (κ3) is 4.50. The summed E-state index contributed by atoms with van der Waals surface area (Å²) in [7, 11) is 4.64. The van der Waals surface area contributed by atoms with Crippen molar-refractivity contribution < 1.29 is 28.2 Å². The van der Waals surface area contributed by atoms with E-state index in [9.17, 15) is 9.59 Å². The molecule has 0 saturated carbocycles. The fourth-order valence-corrected chi connectivity index (χ4v) is 4.04. The molecule has 3 aromatic rings. The summed E-state index contributed by atoms with van der Waals surface area (Å²) in [4.78, 5) is 28.0. The van der Waals surface area contributed by atoms with Gasteiger partial charge in [0, 0.05) is 31.1 Å². The van der Waals surface area contributed by atoms with Gasteiger partial charge in [0.05, 0.1) is 27.6 Å². The molecule has 0 saturated heterocycles. The molecule has 0 bridgehead atoms. The number of carbonyl (C=O) groups is 2. The summed E-state index contributed by atoms with van der Waals surface area (Å²) in [5.74, 6) is 1.24. The van der Waals surface area contributed by atoms with Crippen molar-refractivity contribution in [2.24, 2.45) is 0 Å². The van der Waals surface area contributed by atoms with Crippen molar-refractivity contribution in [1.29, 1.82) is 0 Å². The lowest BCUT2D eigenvalue weighted by atomic mass is 9.93. The number of ether oxygens (including phenoxy) is 3. The Morgan fingerprint density at radius 2 is 1.67 bits per heavy atom. The van der Waals surface area contributed by atoms with Crippen molar-refractivity contribution in [3.63, 3.8) is 0 Å². The molecule has 1 aliphatic heterocycles. The van der Waals surface area contributed by atoms with Crippen LogP contribution in [0.2, 0.25) is 0 Å². The Kier molecular flexibility index (Phi) is 6.53. The lowest BCUT2D eigenvalue weighted by molar-refractivity contribution is -0.126. The Morgan fingerprint density at radius 1 is 0.970 bits per heavy atom. The highest BCUT2D eigenvalue weighted by atomic mass is 16.5. The van der Waals surface area contributed by atoms with Crippen molar-refractivity contribution in [1.82, 2.24) is 10.2 Å². The van der Waals surface area contributed by atoms with Crippen LogP contribution in [0.15, 0.2) is 59.2 Å². The van der Waals surface area contributed by atoms with E-state index in [1.165, 1.54) is 6.26 Å². The smallest absolute Gasteiger partial charge is 0.290 e. The van der Waals surface area contributed by atoms with E-state index in [4.69, 9.17) is 18.6 Å². The number of fused-ring (bicyclic) bond motifs is 1. The van der Waals surface area contributed by atoms with Crippen molar-refractivity contribution >= 4 is 11.8 Å². The van der Waals surface area contributed by atoms with Crippen molar-refractivity contribution in [3.05, 3.63) is 77.2 Å². The number of methoxy groups -OCH3 is 3. The molecule has 0 radical (unpaired) electrons. The van der Waals surface area contributed by atoms with Crippen LogP contribution in [-0.2, 0) is 24.3 Å². The standard InChI is InChI=1S/C25H26N2O6/c1-30-21-13-23(32-3)22(31-2)12-18(21)14-26-24(28)19-11-16-7-4-5-8-17(16)15-27(19)25(29)20-9-6-10-33-20/h4-10,12-13,19H,11,14-15H2,1-3H3,(H,26,28). The van der Waals surface area contributed by atoms with Crippen LogP contribution < -0.4 is 19.5 Å². The number of hydrogen-bond donors (Lipinski definition) is 1. The topological polar surface area (TPSA) is 90.2 Å². The molecule has 0 fully saturated rings. The van der Waals surface area contributed by atoms with Crippen LogP contribution in [-0.4, -0.2) is 44.1 Å². The zero-order valence-electron chi connectivity index (χ0n) is 18.8. The molecule has 2 amide bonds. The van der Waals surface area contributed by atoms with E-state index in [1.54, 1.807) is 50.5 Å². The van der Waals surface area contributed by atoms with E-state index in [0.29, 0.717) is 30.2 Å². The molecule has 2 heterocycles. The molecule has 1 unspecified atom stereocenters. The maximum Gasteiger partial charge on any atom is 0.290 e. The summed E-state index contributed by atoms with van der Waals surface area (Å²) in [6.07, 6.45) is 1.86. The van der Waals surface area contributed by atoms with E-state index in [1.807, 2.05) is 24.3 Å². The number of rotatable bonds is 7. The number of nitrogens with zero attached hydrogens (tertiary/aromatic N) is 1. The number of carbonyl (C=O) groups excluding carboxylic acids is 2. The van der Waals surface area contributed by atoms with Gasteiger partial charge in [-0.2, -0.15) is 0 Å². The van der Waals surface area contributed by atoms with Crippen LogP contribution in [0.1, 0.15) is 27.2 Å². The molecule has 1 N–H and O–H groups in total. The van der Waals surface area contributed by atoms with Crippen molar-refractivity contribution in [2.45, 2.75) is 25.6 Å². The zero-order chi connectivity index (χ0) is 23.4. The van der Waals surface area contributed by atoms with Crippen LogP contribution in [0.3, 0.4) is 0 Å². The van der Waals surface area contributed by atoms with E-state index in [-0.39, 0.29) is 24.1 Å². The van der Waals surface area contributed by atoms with E-state index < -0.39 is 6.04 Å². The number of benzene rings is 2. The van der Waals surface area contributed by atoms with Gasteiger partial charge in [-0.1, -0.05) is 24.3 Å². The second-order valence-corrected chi connectivity index (χ2v) is 7.64. The maximum absolute atomic E-state index is 13.3. The Labute approximate surface area is 192 Å². The number of nitrogens with one attached hydrogen (secondary N) is 1. The predicted molar refractivity (Wildman–Crippen MR) is 120 cm³/mol. The summed E-state index contributed by atoms with van der Waals surface area (Å²) >= 11 is 0.